The van der Waals surface area contributed by atoms with Crippen LogP contribution in [0, 0.1) is 0 Å². The maximum atomic E-state index is 12.1. The molecule has 8 heteroatoms. The molecule has 0 aromatic heterocycles. The fourth-order valence-corrected chi connectivity index (χ4v) is 3.39. The molecule has 25 heavy (non-hydrogen) atoms. The third-order valence-electron chi connectivity index (χ3n) is 4.88. The quantitative estimate of drug-likeness (QED) is 0.713. The fourth-order valence-electron chi connectivity index (χ4n) is 3.39. The van der Waals surface area contributed by atoms with Crippen molar-refractivity contribution in [3.63, 3.8) is 0 Å². The van der Waals surface area contributed by atoms with E-state index in [0.717, 1.165) is 32.4 Å². The zero-order valence-corrected chi connectivity index (χ0v) is 16.9. The lowest BCUT2D eigenvalue weighted by Gasteiger charge is -2.35. The van der Waals surface area contributed by atoms with Gasteiger partial charge in [0.2, 0.25) is 11.8 Å². The topological polar surface area (TPSA) is 78.7 Å². The van der Waals surface area contributed by atoms with E-state index in [2.05, 4.69) is 10.2 Å². The summed E-state index contributed by atoms with van der Waals surface area (Å²) in [5.74, 6) is 0.322. The summed E-state index contributed by atoms with van der Waals surface area (Å²) in [4.78, 5) is 28.2. The summed E-state index contributed by atoms with van der Waals surface area (Å²) in [5.41, 5.74) is 5.70. The molecule has 0 aromatic carbocycles. The first kappa shape index (κ1) is 24.4. The summed E-state index contributed by atoms with van der Waals surface area (Å²) in [6.45, 7) is 5.38. The summed E-state index contributed by atoms with van der Waals surface area (Å²) >= 11 is 0. The molecule has 0 radical (unpaired) electrons. The van der Waals surface area contributed by atoms with Crippen LogP contribution in [-0.4, -0.2) is 66.4 Å². The molecule has 1 heterocycles. The van der Waals surface area contributed by atoms with Gasteiger partial charge in [-0.25, -0.2) is 0 Å². The molecule has 1 aliphatic carbocycles. The van der Waals surface area contributed by atoms with Crippen molar-refractivity contribution in [2.24, 2.45) is 5.73 Å². The third-order valence-corrected chi connectivity index (χ3v) is 4.88. The first-order chi connectivity index (χ1) is 11.0. The number of rotatable bonds is 6. The van der Waals surface area contributed by atoms with Gasteiger partial charge in [0.15, 0.2) is 0 Å². The molecule has 2 rings (SSSR count). The Kier molecular flexibility index (Phi) is 12.5. The number of piperazine rings is 1. The van der Waals surface area contributed by atoms with Crippen LogP contribution in [0.2, 0.25) is 0 Å². The lowest BCUT2D eigenvalue weighted by Crippen LogP contribution is -2.52. The Hall–Kier alpha value is -0.560. The van der Waals surface area contributed by atoms with Crippen LogP contribution in [0.4, 0.5) is 0 Å². The normalized spacial score (nSPS) is 20.2. The summed E-state index contributed by atoms with van der Waals surface area (Å²) in [5, 5.41) is 3.16. The minimum Gasteiger partial charge on any atom is -0.352 e. The first-order valence-electron chi connectivity index (χ1n) is 9.09. The van der Waals surface area contributed by atoms with Crippen LogP contribution in [0.5, 0.6) is 0 Å². The number of halogens is 2. The van der Waals surface area contributed by atoms with Gasteiger partial charge in [-0.05, 0) is 26.2 Å². The van der Waals surface area contributed by atoms with Gasteiger partial charge >= 0.3 is 0 Å². The van der Waals surface area contributed by atoms with Gasteiger partial charge in [0.1, 0.15) is 0 Å². The number of nitrogens with one attached hydrogen (secondary N) is 1. The van der Waals surface area contributed by atoms with Crippen LogP contribution in [0.3, 0.4) is 0 Å². The average Bonchev–Trinajstić information content (AvgIpc) is 2.54. The molecule has 2 amide bonds. The van der Waals surface area contributed by atoms with Crippen LogP contribution in [0.25, 0.3) is 0 Å². The van der Waals surface area contributed by atoms with Gasteiger partial charge in [0.25, 0.3) is 0 Å². The molecule has 148 valence electrons. The monoisotopic (exact) mass is 396 g/mol. The standard InChI is InChI=1S/C17H32N4O2.2ClH/c1-14(18)7-8-17(23)21-11-9-20(10-12-21)13-16(22)19-15-5-3-2-4-6-15;;/h14-15H,2-13,18H2,1H3,(H,19,22);2*1H. The van der Waals surface area contributed by atoms with E-state index in [4.69, 9.17) is 5.73 Å². The van der Waals surface area contributed by atoms with Crippen LogP contribution >= 0.6 is 24.8 Å². The van der Waals surface area contributed by atoms with E-state index in [0.29, 0.717) is 32.1 Å². The number of nitrogens with zero attached hydrogens (tertiary/aromatic N) is 2. The summed E-state index contributed by atoms with van der Waals surface area (Å²) in [7, 11) is 0. The van der Waals surface area contributed by atoms with E-state index >= 15 is 0 Å². The SMILES string of the molecule is CC(N)CCC(=O)N1CCN(CC(=O)NC2CCCCC2)CC1.Cl.Cl. The minimum absolute atomic E-state index is 0. The Balaban J connectivity index is 0.00000288. The van der Waals surface area contributed by atoms with Gasteiger partial charge in [-0.3, -0.25) is 14.5 Å². The molecule has 0 aromatic rings. The van der Waals surface area contributed by atoms with Crippen LogP contribution in [0.15, 0.2) is 0 Å². The molecule has 2 fully saturated rings. The van der Waals surface area contributed by atoms with Crippen LogP contribution in [-0.2, 0) is 9.59 Å². The van der Waals surface area contributed by atoms with Crippen molar-refractivity contribution in [2.45, 2.75) is 64.0 Å². The van der Waals surface area contributed by atoms with E-state index in [9.17, 15) is 9.59 Å². The van der Waals surface area contributed by atoms with Crippen molar-refractivity contribution < 1.29 is 9.59 Å². The molecule has 0 bridgehead atoms. The molecular formula is C17H34Cl2N4O2. The predicted molar refractivity (Wildman–Crippen MR) is 105 cm³/mol. The lowest BCUT2D eigenvalue weighted by atomic mass is 9.95. The number of hydrogen-bond acceptors (Lipinski definition) is 4. The Morgan fingerprint density at radius 3 is 2.24 bits per heavy atom. The van der Waals surface area contributed by atoms with Gasteiger partial charge < -0.3 is 16.0 Å². The Morgan fingerprint density at radius 1 is 1.08 bits per heavy atom. The largest absolute Gasteiger partial charge is 0.352 e. The first-order valence-corrected chi connectivity index (χ1v) is 9.09. The van der Waals surface area contributed by atoms with E-state index in [1.807, 2.05) is 11.8 Å². The van der Waals surface area contributed by atoms with Crippen molar-refractivity contribution in [1.29, 1.82) is 0 Å². The van der Waals surface area contributed by atoms with E-state index in [-0.39, 0.29) is 42.7 Å². The predicted octanol–water partition coefficient (Wildman–Crippen LogP) is 1.55. The van der Waals surface area contributed by atoms with Gasteiger partial charge in [-0.15, -0.1) is 24.8 Å². The second kappa shape index (κ2) is 12.7. The Morgan fingerprint density at radius 2 is 1.68 bits per heavy atom. The lowest BCUT2D eigenvalue weighted by molar-refractivity contribution is -0.133. The zero-order chi connectivity index (χ0) is 16.7. The second-order valence-corrected chi connectivity index (χ2v) is 7.08. The summed E-state index contributed by atoms with van der Waals surface area (Å²) in [6, 6.07) is 0.445. The summed E-state index contributed by atoms with van der Waals surface area (Å²) < 4.78 is 0. The van der Waals surface area contributed by atoms with Crippen molar-refractivity contribution in [3.05, 3.63) is 0 Å². The molecule has 3 N–H and O–H groups in total. The maximum absolute atomic E-state index is 12.1. The van der Waals surface area contributed by atoms with Crippen molar-refractivity contribution >= 4 is 36.6 Å². The highest BCUT2D eigenvalue weighted by Gasteiger charge is 2.23. The van der Waals surface area contributed by atoms with Crippen molar-refractivity contribution in [2.75, 3.05) is 32.7 Å². The molecule has 1 saturated carbocycles. The molecule has 1 atom stereocenters. The van der Waals surface area contributed by atoms with Gasteiger partial charge in [0.05, 0.1) is 6.54 Å². The molecular weight excluding hydrogens is 363 g/mol. The number of carbonyl (C=O) groups is 2. The molecule has 1 unspecified atom stereocenters. The van der Waals surface area contributed by atoms with Crippen LogP contribution < -0.4 is 11.1 Å². The molecule has 1 aliphatic heterocycles. The highest BCUT2D eigenvalue weighted by atomic mass is 35.5. The molecule has 1 saturated heterocycles. The minimum atomic E-state index is 0. The molecule has 6 nitrogen and oxygen atoms in total. The molecule has 2 aliphatic rings. The highest BCUT2D eigenvalue weighted by Crippen LogP contribution is 2.17. The van der Waals surface area contributed by atoms with Crippen molar-refractivity contribution in [3.8, 4) is 0 Å². The van der Waals surface area contributed by atoms with Gasteiger partial charge in [0, 0.05) is 44.7 Å². The average molecular weight is 397 g/mol. The van der Waals surface area contributed by atoms with E-state index in [1.54, 1.807) is 0 Å². The Bertz CT molecular complexity index is 396. The smallest absolute Gasteiger partial charge is 0.234 e. The number of nitrogens with two attached hydrogens (primary N) is 1. The van der Waals surface area contributed by atoms with Crippen molar-refractivity contribution in [1.82, 2.24) is 15.1 Å². The zero-order valence-electron chi connectivity index (χ0n) is 15.2. The Labute approximate surface area is 164 Å². The fraction of sp³-hybridized carbons (Fsp3) is 0.882. The number of carbonyl (C=O) groups excluding carboxylic acids is 2. The number of hydrogen-bond donors (Lipinski definition) is 2. The van der Waals surface area contributed by atoms with Crippen LogP contribution in [0.1, 0.15) is 51.9 Å². The van der Waals surface area contributed by atoms with Gasteiger partial charge in [-0.1, -0.05) is 19.3 Å². The molecule has 0 spiro atoms. The van der Waals surface area contributed by atoms with Gasteiger partial charge in [-0.2, -0.15) is 0 Å². The second-order valence-electron chi connectivity index (χ2n) is 7.08. The highest BCUT2D eigenvalue weighted by molar-refractivity contribution is 5.85. The third kappa shape index (κ3) is 9.08. The number of amides is 2. The summed E-state index contributed by atoms with van der Waals surface area (Å²) in [6.07, 6.45) is 7.26. The maximum Gasteiger partial charge on any atom is 0.234 e. The van der Waals surface area contributed by atoms with E-state index < -0.39 is 0 Å². The van der Waals surface area contributed by atoms with E-state index in [1.165, 1.54) is 19.3 Å².